The molecule has 0 spiro atoms. The molecule has 1 aliphatic heterocycles. The highest BCUT2D eigenvalue weighted by molar-refractivity contribution is 7.84. The summed E-state index contributed by atoms with van der Waals surface area (Å²) in [7, 11) is -1.02. The van der Waals surface area contributed by atoms with Crippen molar-refractivity contribution in [3.8, 4) is 22.3 Å². The monoisotopic (exact) mass is 416 g/mol. The molecular formula is C24H24N4OS. The lowest BCUT2D eigenvalue weighted by Crippen LogP contribution is -2.28. The van der Waals surface area contributed by atoms with E-state index in [1.54, 1.807) is 6.26 Å². The van der Waals surface area contributed by atoms with Gasteiger partial charge in [0.05, 0.1) is 6.20 Å². The Bertz CT molecular complexity index is 1210. The van der Waals surface area contributed by atoms with Gasteiger partial charge in [-0.2, -0.15) is 5.10 Å². The molecule has 6 heteroatoms. The third-order valence-electron chi connectivity index (χ3n) is 5.85. The van der Waals surface area contributed by atoms with Gasteiger partial charge >= 0.3 is 0 Å². The summed E-state index contributed by atoms with van der Waals surface area (Å²) in [4.78, 5) is 5.50. The Morgan fingerprint density at radius 1 is 1.07 bits per heavy atom. The van der Waals surface area contributed by atoms with Crippen molar-refractivity contribution in [1.29, 1.82) is 0 Å². The molecule has 5 rings (SSSR count). The van der Waals surface area contributed by atoms with Gasteiger partial charge in [0.2, 0.25) is 0 Å². The lowest BCUT2D eigenvalue weighted by atomic mass is 9.91. The molecule has 3 heterocycles. The van der Waals surface area contributed by atoms with Crippen molar-refractivity contribution in [1.82, 2.24) is 19.9 Å². The van der Waals surface area contributed by atoms with Crippen molar-refractivity contribution in [2.24, 2.45) is 0 Å². The van der Waals surface area contributed by atoms with Gasteiger partial charge in [0.25, 0.3) is 0 Å². The minimum atomic E-state index is -1.02. The summed E-state index contributed by atoms with van der Waals surface area (Å²) >= 11 is 0. The molecule has 1 N–H and O–H groups in total. The highest BCUT2D eigenvalue weighted by Gasteiger charge is 2.15. The third-order valence-corrected chi connectivity index (χ3v) is 6.76. The fourth-order valence-corrected chi connectivity index (χ4v) is 4.72. The summed E-state index contributed by atoms with van der Waals surface area (Å²) in [6.45, 7) is 2.20. The lowest BCUT2D eigenvalue weighted by Gasteiger charge is -2.23. The topological polar surface area (TPSA) is 59.3 Å². The first kappa shape index (κ1) is 19.2. The number of hydrogen-bond donors (Lipinski definition) is 1. The minimum absolute atomic E-state index is 0.607. The Labute approximate surface area is 178 Å². The second-order valence-corrected chi connectivity index (χ2v) is 9.20. The molecule has 152 valence electrons. The third kappa shape index (κ3) is 3.68. The highest BCUT2D eigenvalue weighted by Crippen LogP contribution is 2.29. The van der Waals surface area contributed by atoms with Gasteiger partial charge in [0, 0.05) is 52.0 Å². The van der Waals surface area contributed by atoms with Crippen LogP contribution in [0.4, 0.5) is 0 Å². The lowest BCUT2D eigenvalue weighted by molar-refractivity contribution is 0.461. The maximum Gasteiger partial charge on any atom is 0.162 e. The molecule has 1 fully saturated rings. The quantitative estimate of drug-likeness (QED) is 0.540. The number of benzene rings is 2. The molecule has 2 aromatic heterocycles. The number of aromatic nitrogens is 3. The Morgan fingerprint density at radius 3 is 2.70 bits per heavy atom. The van der Waals surface area contributed by atoms with Crippen LogP contribution in [0, 0.1) is 0 Å². The van der Waals surface area contributed by atoms with Crippen LogP contribution >= 0.6 is 0 Å². The van der Waals surface area contributed by atoms with Crippen LogP contribution < -0.4 is 5.32 Å². The Balaban J connectivity index is 1.45. The standard InChI is InChI=1S/C24H24N4OS/c1-30(29)22-6-2-4-19(12-22)23-15-27-28-16-21(14-26-24(23)28)18-9-7-17(8-10-18)20-5-3-11-25-13-20/h2,4,6-10,12,14-16,20,25H,3,5,11,13H2,1H3. The summed E-state index contributed by atoms with van der Waals surface area (Å²) in [6.07, 6.45) is 9.93. The Kier molecular flexibility index (Phi) is 5.19. The number of fused-ring (bicyclic) bond motifs is 1. The molecule has 0 amide bonds. The predicted molar refractivity (Wildman–Crippen MR) is 121 cm³/mol. The summed E-state index contributed by atoms with van der Waals surface area (Å²) in [6, 6.07) is 16.6. The maximum atomic E-state index is 11.8. The summed E-state index contributed by atoms with van der Waals surface area (Å²) in [5, 5.41) is 8.00. The van der Waals surface area contributed by atoms with E-state index in [9.17, 15) is 4.21 Å². The SMILES string of the molecule is CS(=O)c1cccc(-c2cnn3cc(-c4ccc(C5CCCNC5)cc4)cnc23)c1. The first-order valence-corrected chi connectivity index (χ1v) is 11.8. The molecule has 2 unspecified atom stereocenters. The first-order chi connectivity index (χ1) is 14.7. The van der Waals surface area contributed by atoms with Gasteiger partial charge in [-0.3, -0.25) is 4.21 Å². The summed E-state index contributed by atoms with van der Waals surface area (Å²) in [5.41, 5.74) is 6.28. The van der Waals surface area contributed by atoms with Crippen LogP contribution in [0.25, 0.3) is 27.9 Å². The Hall–Kier alpha value is -2.83. The van der Waals surface area contributed by atoms with Crippen molar-refractivity contribution in [3.05, 3.63) is 72.7 Å². The average molecular weight is 417 g/mol. The molecular weight excluding hydrogens is 392 g/mol. The molecule has 0 aliphatic carbocycles. The number of rotatable bonds is 4. The van der Waals surface area contributed by atoms with Crippen LogP contribution in [0.15, 0.2) is 72.0 Å². The van der Waals surface area contributed by atoms with Gasteiger partial charge in [-0.25, -0.2) is 9.50 Å². The van der Waals surface area contributed by atoms with Gasteiger partial charge in [-0.05, 0) is 54.1 Å². The predicted octanol–water partition coefficient (Wildman–Crippen LogP) is 4.27. The molecule has 1 aliphatic rings. The molecule has 4 aromatic rings. The first-order valence-electron chi connectivity index (χ1n) is 10.3. The number of nitrogens with zero attached hydrogens (tertiary/aromatic N) is 3. The number of piperidine rings is 1. The normalized spacial score (nSPS) is 17.8. The molecule has 2 aromatic carbocycles. The zero-order chi connectivity index (χ0) is 20.5. The van der Waals surface area contributed by atoms with Gasteiger partial charge in [-0.1, -0.05) is 36.4 Å². The van der Waals surface area contributed by atoms with Crippen molar-refractivity contribution >= 4 is 16.4 Å². The van der Waals surface area contributed by atoms with Crippen LogP contribution in [0.3, 0.4) is 0 Å². The van der Waals surface area contributed by atoms with Crippen LogP contribution in [-0.4, -0.2) is 38.2 Å². The number of hydrogen-bond acceptors (Lipinski definition) is 4. The van der Waals surface area contributed by atoms with E-state index in [0.717, 1.165) is 45.9 Å². The number of nitrogens with one attached hydrogen (secondary N) is 1. The van der Waals surface area contributed by atoms with E-state index in [1.165, 1.54) is 18.4 Å². The zero-order valence-corrected chi connectivity index (χ0v) is 17.7. The fraction of sp³-hybridized carbons (Fsp3) is 0.250. The van der Waals surface area contributed by atoms with E-state index in [-0.39, 0.29) is 0 Å². The van der Waals surface area contributed by atoms with Gasteiger partial charge in [-0.15, -0.1) is 0 Å². The maximum absolute atomic E-state index is 11.8. The summed E-state index contributed by atoms with van der Waals surface area (Å²) in [5.74, 6) is 0.607. The van der Waals surface area contributed by atoms with Crippen LogP contribution in [-0.2, 0) is 10.8 Å². The molecule has 30 heavy (non-hydrogen) atoms. The van der Waals surface area contributed by atoms with Crippen LogP contribution in [0.1, 0.15) is 24.3 Å². The average Bonchev–Trinajstić information content (AvgIpc) is 3.23. The largest absolute Gasteiger partial charge is 0.316 e. The van der Waals surface area contributed by atoms with E-state index in [4.69, 9.17) is 4.98 Å². The molecule has 0 radical (unpaired) electrons. The summed E-state index contributed by atoms with van der Waals surface area (Å²) < 4.78 is 13.6. The van der Waals surface area contributed by atoms with Gasteiger partial charge in [0.15, 0.2) is 5.65 Å². The molecule has 1 saturated heterocycles. The smallest absolute Gasteiger partial charge is 0.162 e. The second-order valence-electron chi connectivity index (χ2n) is 7.82. The molecule has 0 saturated carbocycles. The van der Waals surface area contributed by atoms with Crippen molar-refractivity contribution in [2.45, 2.75) is 23.7 Å². The van der Waals surface area contributed by atoms with E-state index in [0.29, 0.717) is 5.92 Å². The zero-order valence-electron chi connectivity index (χ0n) is 16.9. The van der Waals surface area contributed by atoms with E-state index < -0.39 is 10.8 Å². The van der Waals surface area contributed by atoms with Crippen LogP contribution in [0.2, 0.25) is 0 Å². The minimum Gasteiger partial charge on any atom is -0.316 e. The van der Waals surface area contributed by atoms with Crippen LogP contribution in [0.5, 0.6) is 0 Å². The van der Waals surface area contributed by atoms with Crippen molar-refractivity contribution in [2.75, 3.05) is 19.3 Å². The second kappa shape index (κ2) is 8.13. The highest BCUT2D eigenvalue weighted by atomic mass is 32.2. The van der Waals surface area contributed by atoms with E-state index >= 15 is 0 Å². The molecule has 5 nitrogen and oxygen atoms in total. The Morgan fingerprint density at radius 2 is 1.93 bits per heavy atom. The van der Waals surface area contributed by atoms with E-state index in [2.05, 4.69) is 34.7 Å². The van der Waals surface area contributed by atoms with Crippen molar-refractivity contribution in [3.63, 3.8) is 0 Å². The fourth-order valence-electron chi connectivity index (χ4n) is 4.15. The molecule has 2 atom stereocenters. The molecule has 0 bridgehead atoms. The van der Waals surface area contributed by atoms with Gasteiger partial charge in [0.1, 0.15) is 0 Å². The van der Waals surface area contributed by atoms with Crippen molar-refractivity contribution < 1.29 is 4.21 Å². The van der Waals surface area contributed by atoms with Gasteiger partial charge < -0.3 is 5.32 Å². The van der Waals surface area contributed by atoms with E-state index in [1.807, 2.05) is 47.4 Å².